The first-order valence-electron chi connectivity index (χ1n) is 5.21. The summed E-state index contributed by atoms with van der Waals surface area (Å²) in [5.41, 5.74) is 1.16. The van der Waals surface area contributed by atoms with Crippen LogP contribution >= 0.6 is 0 Å². The molecule has 2 nitrogen and oxygen atoms in total. The average Bonchev–Trinajstić information content (AvgIpc) is 2.17. The molecule has 1 aromatic heterocycles. The van der Waals surface area contributed by atoms with Gasteiger partial charge in [-0.25, -0.2) is 0 Å². The molecule has 2 heteroatoms. The van der Waals surface area contributed by atoms with E-state index < -0.39 is 0 Å². The molecule has 0 aliphatic heterocycles. The maximum Gasteiger partial charge on any atom is 0.258 e. The van der Waals surface area contributed by atoms with Gasteiger partial charge in [-0.05, 0) is 37.8 Å². The van der Waals surface area contributed by atoms with Gasteiger partial charge in [0, 0.05) is 12.2 Å². The number of aryl methyl sites for hydroxylation is 1. The second-order valence-corrected chi connectivity index (χ2v) is 4.16. The van der Waals surface area contributed by atoms with Gasteiger partial charge in [-0.15, -0.1) is 0 Å². The summed E-state index contributed by atoms with van der Waals surface area (Å²) in [5, 5.41) is 1.87. The highest BCUT2D eigenvalue weighted by atomic mass is 16.1. The maximum absolute atomic E-state index is 12.2. The highest BCUT2D eigenvalue weighted by Crippen LogP contribution is 2.14. The Kier molecular flexibility index (Phi) is 2.35. The third kappa shape index (κ3) is 1.56. The van der Waals surface area contributed by atoms with Crippen LogP contribution in [0.15, 0.2) is 35.3 Å². The van der Waals surface area contributed by atoms with Gasteiger partial charge in [0.1, 0.15) is 0 Å². The molecule has 0 bridgehead atoms. The van der Waals surface area contributed by atoms with Crippen LogP contribution in [0, 0.1) is 6.92 Å². The van der Waals surface area contributed by atoms with Crippen LogP contribution in [0.3, 0.4) is 0 Å². The van der Waals surface area contributed by atoms with Crippen molar-refractivity contribution in [1.29, 1.82) is 0 Å². The summed E-state index contributed by atoms with van der Waals surface area (Å²) in [5.74, 6) is 0. The fourth-order valence-corrected chi connectivity index (χ4v) is 1.89. The van der Waals surface area contributed by atoms with Crippen molar-refractivity contribution < 1.29 is 0 Å². The van der Waals surface area contributed by atoms with Crippen molar-refractivity contribution in [3.63, 3.8) is 0 Å². The molecule has 0 saturated heterocycles. The maximum atomic E-state index is 12.2. The van der Waals surface area contributed by atoms with E-state index in [1.807, 2.05) is 51.2 Å². The number of pyridine rings is 1. The minimum Gasteiger partial charge on any atom is -0.312 e. The topological polar surface area (TPSA) is 22.0 Å². The van der Waals surface area contributed by atoms with Crippen molar-refractivity contribution in [2.75, 3.05) is 0 Å². The summed E-state index contributed by atoms with van der Waals surface area (Å²) in [6.45, 7) is 6.02. The van der Waals surface area contributed by atoms with E-state index in [0.29, 0.717) is 0 Å². The predicted octanol–water partition coefficient (Wildman–Crippen LogP) is 2.89. The van der Waals surface area contributed by atoms with Crippen LogP contribution in [0.2, 0.25) is 0 Å². The molecule has 1 aromatic carbocycles. The summed E-state index contributed by atoms with van der Waals surface area (Å²) in [6, 6.07) is 8.16. The second-order valence-electron chi connectivity index (χ2n) is 4.16. The van der Waals surface area contributed by atoms with Gasteiger partial charge >= 0.3 is 0 Å². The normalized spacial score (nSPS) is 11.2. The molecule has 0 spiro atoms. The Balaban J connectivity index is 2.90. The fourth-order valence-electron chi connectivity index (χ4n) is 1.89. The van der Waals surface area contributed by atoms with Crippen LogP contribution in [0.4, 0.5) is 0 Å². The Bertz CT molecular complexity index is 552. The number of nitrogens with zero attached hydrogens (tertiary/aromatic N) is 1. The summed E-state index contributed by atoms with van der Waals surface area (Å²) >= 11 is 0. The minimum absolute atomic E-state index is 0.112. The predicted molar refractivity (Wildman–Crippen MR) is 63.3 cm³/mol. The quantitative estimate of drug-likeness (QED) is 0.695. The summed E-state index contributed by atoms with van der Waals surface area (Å²) < 4.78 is 1.77. The molecule has 0 saturated carbocycles. The molecule has 0 fully saturated rings. The van der Waals surface area contributed by atoms with Crippen molar-refractivity contribution >= 4 is 10.8 Å². The van der Waals surface area contributed by atoms with Crippen molar-refractivity contribution in [3.8, 4) is 0 Å². The van der Waals surface area contributed by atoms with Gasteiger partial charge in [0.25, 0.3) is 5.56 Å². The zero-order valence-electron chi connectivity index (χ0n) is 9.32. The highest BCUT2D eigenvalue weighted by molar-refractivity contribution is 5.84. The molecule has 0 unspecified atom stereocenters. The second kappa shape index (κ2) is 3.54. The molecule has 0 aliphatic rings. The average molecular weight is 201 g/mol. The molecule has 0 atom stereocenters. The van der Waals surface area contributed by atoms with Crippen LogP contribution < -0.4 is 5.56 Å². The lowest BCUT2D eigenvalue weighted by atomic mass is 10.1. The third-order valence-electron chi connectivity index (χ3n) is 2.72. The van der Waals surface area contributed by atoms with E-state index in [-0.39, 0.29) is 11.6 Å². The van der Waals surface area contributed by atoms with Gasteiger partial charge in [0.05, 0.1) is 5.39 Å². The zero-order chi connectivity index (χ0) is 11.0. The first kappa shape index (κ1) is 9.97. The van der Waals surface area contributed by atoms with E-state index in [9.17, 15) is 4.79 Å². The zero-order valence-corrected chi connectivity index (χ0v) is 9.32. The fraction of sp³-hybridized carbons (Fsp3) is 0.308. The van der Waals surface area contributed by atoms with Gasteiger partial charge in [0.15, 0.2) is 0 Å². The SMILES string of the molecule is Cc1cccc2ccn(C(C)C)c(=O)c12. The number of hydrogen-bond acceptors (Lipinski definition) is 1. The Labute approximate surface area is 89.2 Å². The van der Waals surface area contributed by atoms with E-state index in [1.54, 1.807) is 4.57 Å². The van der Waals surface area contributed by atoms with Crippen LogP contribution in [0.1, 0.15) is 25.5 Å². The monoisotopic (exact) mass is 201 g/mol. The third-order valence-corrected chi connectivity index (χ3v) is 2.72. The lowest BCUT2D eigenvalue weighted by molar-refractivity contribution is 0.582. The van der Waals surface area contributed by atoms with Crippen molar-refractivity contribution in [2.24, 2.45) is 0 Å². The Morgan fingerprint density at radius 2 is 1.93 bits per heavy atom. The summed E-state index contributed by atoms with van der Waals surface area (Å²) in [6.07, 6.45) is 1.87. The number of rotatable bonds is 1. The van der Waals surface area contributed by atoms with Gasteiger partial charge < -0.3 is 4.57 Å². The molecule has 2 aromatic rings. The minimum atomic E-state index is 0.112. The van der Waals surface area contributed by atoms with E-state index in [4.69, 9.17) is 0 Å². The molecule has 2 rings (SSSR count). The van der Waals surface area contributed by atoms with Gasteiger partial charge in [0.2, 0.25) is 0 Å². The first-order chi connectivity index (χ1) is 7.11. The molecule has 1 heterocycles. The molecule has 15 heavy (non-hydrogen) atoms. The smallest absolute Gasteiger partial charge is 0.258 e. The molecule has 0 amide bonds. The van der Waals surface area contributed by atoms with E-state index in [2.05, 4.69) is 0 Å². The molecular formula is C13H15NO. The Hall–Kier alpha value is -1.57. The number of fused-ring (bicyclic) bond motifs is 1. The first-order valence-corrected chi connectivity index (χ1v) is 5.21. The molecule has 0 N–H and O–H groups in total. The van der Waals surface area contributed by atoms with Crippen LogP contribution in [0.5, 0.6) is 0 Å². The number of hydrogen-bond donors (Lipinski definition) is 0. The standard InChI is InChI=1S/C13H15NO/c1-9(2)14-8-7-11-6-4-5-10(3)12(11)13(14)15/h4-9H,1-3H3. The van der Waals surface area contributed by atoms with E-state index in [1.165, 1.54) is 0 Å². The lowest BCUT2D eigenvalue weighted by Crippen LogP contribution is -2.21. The Morgan fingerprint density at radius 1 is 1.20 bits per heavy atom. The van der Waals surface area contributed by atoms with Crippen LogP contribution in [-0.2, 0) is 0 Å². The van der Waals surface area contributed by atoms with E-state index >= 15 is 0 Å². The molecular weight excluding hydrogens is 186 g/mol. The van der Waals surface area contributed by atoms with Crippen LogP contribution in [-0.4, -0.2) is 4.57 Å². The highest BCUT2D eigenvalue weighted by Gasteiger charge is 2.06. The molecule has 0 aliphatic carbocycles. The summed E-state index contributed by atoms with van der Waals surface area (Å²) in [4.78, 5) is 12.2. The van der Waals surface area contributed by atoms with Crippen LogP contribution in [0.25, 0.3) is 10.8 Å². The number of benzene rings is 1. The molecule has 78 valence electrons. The lowest BCUT2D eigenvalue weighted by Gasteiger charge is -2.11. The van der Waals surface area contributed by atoms with Crippen molar-refractivity contribution in [3.05, 3.63) is 46.4 Å². The molecule has 0 radical (unpaired) electrons. The summed E-state index contributed by atoms with van der Waals surface area (Å²) in [7, 11) is 0. The van der Waals surface area contributed by atoms with Gasteiger partial charge in [-0.3, -0.25) is 4.79 Å². The number of aromatic nitrogens is 1. The van der Waals surface area contributed by atoms with Gasteiger partial charge in [-0.1, -0.05) is 18.2 Å². The van der Waals surface area contributed by atoms with Crippen molar-refractivity contribution in [1.82, 2.24) is 4.57 Å². The van der Waals surface area contributed by atoms with Gasteiger partial charge in [-0.2, -0.15) is 0 Å². The Morgan fingerprint density at radius 3 is 2.60 bits per heavy atom. The largest absolute Gasteiger partial charge is 0.312 e. The van der Waals surface area contributed by atoms with Crippen molar-refractivity contribution in [2.45, 2.75) is 26.8 Å². The van der Waals surface area contributed by atoms with E-state index in [0.717, 1.165) is 16.3 Å².